The summed E-state index contributed by atoms with van der Waals surface area (Å²) >= 11 is 0. The van der Waals surface area contributed by atoms with Gasteiger partial charge in [-0.2, -0.15) is 5.10 Å². The summed E-state index contributed by atoms with van der Waals surface area (Å²) in [7, 11) is 1.59. The zero-order valence-corrected chi connectivity index (χ0v) is 13.7. The minimum absolute atomic E-state index is 0.203. The number of hydrogen-bond acceptors (Lipinski definition) is 5. The van der Waals surface area contributed by atoms with E-state index in [4.69, 9.17) is 14.6 Å². The van der Waals surface area contributed by atoms with Gasteiger partial charge in [0.25, 0.3) is 0 Å². The van der Waals surface area contributed by atoms with E-state index in [9.17, 15) is 4.79 Å². The summed E-state index contributed by atoms with van der Waals surface area (Å²) in [5.41, 5.74) is 4.44. The zero-order valence-electron chi connectivity index (χ0n) is 13.7. The number of carboxylic acids is 1. The average Bonchev–Trinajstić information content (AvgIpc) is 2.60. The normalized spacial score (nSPS) is 10.6. The Morgan fingerprint density at radius 1 is 1.25 bits per heavy atom. The van der Waals surface area contributed by atoms with Gasteiger partial charge in [-0.1, -0.05) is 13.0 Å². The van der Waals surface area contributed by atoms with Gasteiger partial charge < -0.3 is 14.6 Å². The molecule has 2 rings (SSSR count). The molecule has 0 aliphatic carbocycles. The molecule has 0 saturated heterocycles. The van der Waals surface area contributed by atoms with Crippen molar-refractivity contribution >= 4 is 17.9 Å². The molecule has 2 aromatic carbocycles. The minimum atomic E-state index is -0.977. The van der Waals surface area contributed by atoms with Crippen LogP contribution in [-0.4, -0.2) is 31.0 Å². The lowest BCUT2D eigenvalue weighted by atomic mass is 10.2. The van der Waals surface area contributed by atoms with Crippen LogP contribution < -0.4 is 14.9 Å². The predicted octanol–water partition coefficient (Wildman–Crippen LogP) is 3.63. The van der Waals surface area contributed by atoms with Crippen LogP contribution in [0.1, 0.15) is 29.3 Å². The summed E-state index contributed by atoms with van der Waals surface area (Å²) < 4.78 is 10.9. The van der Waals surface area contributed by atoms with Crippen molar-refractivity contribution < 1.29 is 19.4 Å². The van der Waals surface area contributed by atoms with Gasteiger partial charge in [0.1, 0.15) is 0 Å². The molecule has 0 amide bonds. The number of hydrogen-bond donors (Lipinski definition) is 2. The average molecular weight is 328 g/mol. The second-order valence-corrected chi connectivity index (χ2v) is 5.01. The van der Waals surface area contributed by atoms with E-state index in [1.54, 1.807) is 25.5 Å². The molecule has 0 aliphatic rings. The smallest absolute Gasteiger partial charge is 0.335 e. The van der Waals surface area contributed by atoms with Crippen LogP contribution in [0.5, 0.6) is 11.5 Å². The first-order chi connectivity index (χ1) is 11.6. The molecule has 6 nitrogen and oxygen atoms in total. The maximum absolute atomic E-state index is 10.9. The van der Waals surface area contributed by atoms with Gasteiger partial charge in [-0.3, -0.25) is 5.43 Å². The Hall–Kier alpha value is -3.02. The van der Waals surface area contributed by atoms with Crippen LogP contribution in [0.4, 0.5) is 5.69 Å². The first kappa shape index (κ1) is 17.3. The number of nitrogens with zero attached hydrogens (tertiary/aromatic N) is 1. The molecular formula is C18H20N2O4. The van der Waals surface area contributed by atoms with Crippen molar-refractivity contribution in [2.24, 2.45) is 5.10 Å². The van der Waals surface area contributed by atoms with E-state index in [2.05, 4.69) is 10.5 Å². The Labute approximate surface area is 140 Å². The Kier molecular flexibility index (Phi) is 6.19. The number of rotatable bonds is 8. The fraction of sp³-hybridized carbons (Fsp3) is 0.222. The second-order valence-electron chi connectivity index (χ2n) is 5.01. The molecule has 0 spiro atoms. The number of nitrogens with one attached hydrogen (secondary N) is 1. The van der Waals surface area contributed by atoms with Crippen molar-refractivity contribution in [3.8, 4) is 11.5 Å². The molecule has 0 aliphatic heterocycles. The lowest BCUT2D eigenvalue weighted by Gasteiger charge is -2.10. The van der Waals surface area contributed by atoms with Crippen LogP contribution in [0.25, 0.3) is 0 Å². The summed E-state index contributed by atoms with van der Waals surface area (Å²) in [6.45, 7) is 2.67. The van der Waals surface area contributed by atoms with Crippen LogP contribution in [0, 0.1) is 0 Å². The van der Waals surface area contributed by atoms with E-state index in [-0.39, 0.29) is 5.56 Å². The fourth-order valence-corrected chi connectivity index (χ4v) is 2.00. The molecule has 2 aromatic rings. The molecule has 2 N–H and O–H groups in total. The monoisotopic (exact) mass is 328 g/mol. The van der Waals surface area contributed by atoms with Gasteiger partial charge in [0.05, 0.1) is 31.2 Å². The number of ether oxygens (including phenoxy) is 2. The van der Waals surface area contributed by atoms with Gasteiger partial charge in [-0.25, -0.2) is 4.79 Å². The Balaban J connectivity index is 2.06. The summed E-state index contributed by atoms with van der Waals surface area (Å²) in [5.74, 6) is 0.355. The minimum Gasteiger partial charge on any atom is -0.493 e. The molecule has 6 heteroatoms. The molecule has 24 heavy (non-hydrogen) atoms. The molecule has 0 atom stereocenters. The summed E-state index contributed by atoms with van der Waals surface area (Å²) in [6.07, 6.45) is 2.55. The predicted molar refractivity (Wildman–Crippen MR) is 93.4 cm³/mol. The molecule has 0 radical (unpaired) electrons. The Morgan fingerprint density at radius 2 is 2.08 bits per heavy atom. The van der Waals surface area contributed by atoms with E-state index in [0.717, 1.165) is 12.0 Å². The molecule has 0 unspecified atom stereocenters. The highest BCUT2D eigenvalue weighted by atomic mass is 16.5. The highest BCUT2D eigenvalue weighted by Crippen LogP contribution is 2.27. The van der Waals surface area contributed by atoms with E-state index < -0.39 is 5.97 Å². The van der Waals surface area contributed by atoms with Crippen LogP contribution in [0.15, 0.2) is 47.6 Å². The van der Waals surface area contributed by atoms with Crippen molar-refractivity contribution in [3.05, 3.63) is 53.6 Å². The molecular weight excluding hydrogens is 308 g/mol. The van der Waals surface area contributed by atoms with E-state index in [1.165, 1.54) is 12.1 Å². The highest BCUT2D eigenvalue weighted by molar-refractivity contribution is 5.89. The lowest BCUT2D eigenvalue weighted by Crippen LogP contribution is -1.99. The van der Waals surface area contributed by atoms with Gasteiger partial charge >= 0.3 is 5.97 Å². The number of carboxylic acid groups (broad SMARTS) is 1. The topological polar surface area (TPSA) is 80.2 Å². The molecule has 0 saturated carbocycles. The standard InChI is InChI=1S/C18H20N2O4/c1-3-9-24-16-8-7-13(10-17(16)23-2)12-19-20-15-6-4-5-14(11-15)18(21)22/h4-8,10-12,20H,3,9H2,1-2H3,(H,21,22)/b19-12-. The molecule has 0 bridgehead atoms. The third kappa shape index (κ3) is 4.74. The molecule has 0 aromatic heterocycles. The van der Waals surface area contributed by atoms with Crippen molar-refractivity contribution in [2.75, 3.05) is 19.1 Å². The van der Waals surface area contributed by atoms with E-state index in [1.807, 2.05) is 25.1 Å². The van der Waals surface area contributed by atoms with E-state index >= 15 is 0 Å². The summed E-state index contributed by atoms with van der Waals surface area (Å²) in [4.78, 5) is 10.9. The van der Waals surface area contributed by atoms with Crippen molar-refractivity contribution in [2.45, 2.75) is 13.3 Å². The fourth-order valence-electron chi connectivity index (χ4n) is 2.00. The van der Waals surface area contributed by atoms with Gasteiger partial charge in [0.15, 0.2) is 11.5 Å². The maximum atomic E-state index is 10.9. The second kappa shape index (κ2) is 8.57. The van der Waals surface area contributed by atoms with Gasteiger partial charge in [0, 0.05) is 0 Å². The maximum Gasteiger partial charge on any atom is 0.335 e. The van der Waals surface area contributed by atoms with Crippen molar-refractivity contribution in [1.82, 2.24) is 0 Å². The van der Waals surface area contributed by atoms with Crippen LogP contribution >= 0.6 is 0 Å². The first-order valence-electron chi connectivity index (χ1n) is 7.57. The number of methoxy groups -OCH3 is 1. The number of anilines is 1. The zero-order chi connectivity index (χ0) is 17.4. The molecule has 126 valence electrons. The number of hydrazone groups is 1. The van der Waals surface area contributed by atoms with Crippen LogP contribution in [0.2, 0.25) is 0 Å². The third-order valence-electron chi connectivity index (χ3n) is 3.17. The SMILES string of the molecule is CCCOc1ccc(/C=N\Nc2cccc(C(=O)O)c2)cc1OC. The summed E-state index contributed by atoms with van der Waals surface area (Å²) in [5, 5.41) is 13.1. The summed E-state index contributed by atoms with van der Waals surface area (Å²) in [6, 6.07) is 12.0. The number of carbonyl (C=O) groups is 1. The highest BCUT2D eigenvalue weighted by Gasteiger charge is 2.05. The van der Waals surface area contributed by atoms with Gasteiger partial charge in [-0.15, -0.1) is 0 Å². The van der Waals surface area contributed by atoms with Gasteiger partial charge in [-0.05, 0) is 48.4 Å². The van der Waals surface area contributed by atoms with Crippen LogP contribution in [0.3, 0.4) is 0 Å². The number of aromatic carboxylic acids is 1. The van der Waals surface area contributed by atoms with Crippen LogP contribution in [-0.2, 0) is 0 Å². The quantitative estimate of drug-likeness (QED) is 0.571. The molecule has 0 heterocycles. The third-order valence-corrected chi connectivity index (χ3v) is 3.17. The Bertz CT molecular complexity index is 729. The molecule has 0 fully saturated rings. The van der Waals surface area contributed by atoms with Gasteiger partial charge in [0.2, 0.25) is 0 Å². The largest absolute Gasteiger partial charge is 0.493 e. The first-order valence-corrected chi connectivity index (χ1v) is 7.57. The van der Waals surface area contributed by atoms with Crippen molar-refractivity contribution in [3.63, 3.8) is 0 Å². The number of benzene rings is 2. The Morgan fingerprint density at radius 3 is 2.79 bits per heavy atom. The van der Waals surface area contributed by atoms with Crippen molar-refractivity contribution in [1.29, 1.82) is 0 Å². The van der Waals surface area contributed by atoms with E-state index in [0.29, 0.717) is 23.8 Å². The lowest BCUT2D eigenvalue weighted by molar-refractivity contribution is 0.0697.